The minimum Gasteiger partial charge on any atom is -0.444 e. The Kier molecular flexibility index (Phi) is 9.81. The van der Waals surface area contributed by atoms with Crippen LogP contribution in [-0.4, -0.2) is 46.7 Å². The molecule has 3 rings (SSSR count). The molecule has 0 aliphatic heterocycles. The van der Waals surface area contributed by atoms with Crippen LogP contribution in [0.4, 0.5) is 10.5 Å². The van der Waals surface area contributed by atoms with Crippen molar-refractivity contribution in [2.45, 2.75) is 52.3 Å². The van der Waals surface area contributed by atoms with Crippen molar-refractivity contribution >= 4 is 47.0 Å². The summed E-state index contributed by atoms with van der Waals surface area (Å²) in [7, 11) is 0. The molecule has 3 aromatic rings. The van der Waals surface area contributed by atoms with Crippen molar-refractivity contribution in [3.63, 3.8) is 0 Å². The summed E-state index contributed by atoms with van der Waals surface area (Å²) in [6.07, 6.45) is 0.817. The normalized spacial score (nSPS) is 12.8. The third-order valence-corrected chi connectivity index (χ3v) is 6.28. The van der Waals surface area contributed by atoms with Gasteiger partial charge in [0.05, 0.1) is 0 Å². The van der Waals surface area contributed by atoms with E-state index in [1.807, 2.05) is 74.5 Å². The van der Waals surface area contributed by atoms with Crippen LogP contribution in [0.25, 0.3) is 10.8 Å². The lowest BCUT2D eigenvalue weighted by Gasteiger charge is -2.33. The lowest BCUT2D eigenvalue weighted by atomic mass is 9.98. The van der Waals surface area contributed by atoms with Gasteiger partial charge in [0.1, 0.15) is 17.7 Å². The first-order valence-corrected chi connectivity index (χ1v) is 13.4. The highest BCUT2D eigenvalue weighted by Gasteiger charge is 2.35. The Bertz CT molecular complexity index is 1350. The fourth-order valence-electron chi connectivity index (χ4n) is 4.42. The minimum atomic E-state index is -1.02. The highest BCUT2D eigenvalue weighted by atomic mass is 32.1. The van der Waals surface area contributed by atoms with Crippen molar-refractivity contribution < 1.29 is 19.1 Å². The van der Waals surface area contributed by atoms with E-state index in [4.69, 9.17) is 4.74 Å². The molecule has 8 heteroatoms. The maximum atomic E-state index is 13.9. The molecule has 0 spiro atoms. The molecular formula is C31H37N3O4S. The number of hydrogen-bond donors (Lipinski definition) is 3. The zero-order chi connectivity index (χ0) is 28.7. The molecule has 0 saturated carbocycles. The number of carbonyl (C=O) groups is 3. The van der Waals surface area contributed by atoms with Gasteiger partial charge in [-0.05, 0) is 63.1 Å². The van der Waals surface area contributed by atoms with Crippen molar-refractivity contribution in [2.24, 2.45) is 0 Å². The topological polar surface area (TPSA) is 87.7 Å². The van der Waals surface area contributed by atoms with Crippen molar-refractivity contribution in [3.8, 4) is 0 Å². The molecule has 0 aliphatic carbocycles. The van der Waals surface area contributed by atoms with Gasteiger partial charge in [-0.25, -0.2) is 4.79 Å². The number of fused-ring (bicyclic) bond motifs is 1. The molecule has 0 heterocycles. The summed E-state index contributed by atoms with van der Waals surface area (Å²) in [5.74, 6) is -0.855. The maximum Gasteiger partial charge on any atom is 0.408 e. The van der Waals surface area contributed by atoms with Crippen LogP contribution in [-0.2, 0) is 14.3 Å². The second kappa shape index (κ2) is 12.8. The first-order valence-electron chi connectivity index (χ1n) is 12.8. The number of amides is 3. The monoisotopic (exact) mass is 547 g/mol. The van der Waals surface area contributed by atoms with Gasteiger partial charge in [0.25, 0.3) is 5.91 Å². The lowest BCUT2D eigenvalue weighted by Crippen LogP contribution is -2.53. The summed E-state index contributed by atoms with van der Waals surface area (Å²) in [5.41, 5.74) is 2.43. The molecule has 0 aromatic heterocycles. The van der Waals surface area contributed by atoms with Crippen LogP contribution in [0, 0.1) is 13.8 Å². The Morgan fingerprint density at radius 2 is 1.64 bits per heavy atom. The second-order valence-corrected chi connectivity index (χ2v) is 10.9. The number of alkyl carbamates (subject to hydrolysis) is 1. The van der Waals surface area contributed by atoms with Crippen molar-refractivity contribution in [1.29, 1.82) is 0 Å². The van der Waals surface area contributed by atoms with Crippen LogP contribution >= 0.6 is 12.6 Å². The van der Waals surface area contributed by atoms with E-state index < -0.39 is 29.7 Å². The number of ether oxygens (including phenoxy) is 1. The van der Waals surface area contributed by atoms with Crippen LogP contribution < -0.4 is 10.6 Å². The summed E-state index contributed by atoms with van der Waals surface area (Å²) in [5, 5.41) is 7.63. The standard InChI is InChI=1S/C31H37N3O4S/c1-7-14-34(29(36)26(19-39)33-30(37)38-31(4,5)6)27(24-16-20(2)15-21(3)17-24)28(35)32-25-13-12-22-10-8-9-11-23(22)18-25/h7-13,15-18,26-27,39H,1,14,19H2,2-6H3,(H,32,35)(H,33,37). The molecule has 39 heavy (non-hydrogen) atoms. The van der Waals surface area contributed by atoms with Gasteiger partial charge in [-0.15, -0.1) is 6.58 Å². The molecule has 2 atom stereocenters. The predicted molar refractivity (Wildman–Crippen MR) is 160 cm³/mol. The number of thiol groups is 1. The molecule has 3 amide bonds. The molecule has 0 fully saturated rings. The molecule has 0 radical (unpaired) electrons. The molecule has 0 saturated heterocycles. The molecule has 0 bridgehead atoms. The Hall–Kier alpha value is -3.78. The summed E-state index contributed by atoms with van der Waals surface area (Å²) in [6.45, 7) is 13.0. The van der Waals surface area contributed by atoms with E-state index in [1.54, 1.807) is 26.8 Å². The van der Waals surface area contributed by atoms with Gasteiger partial charge in [-0.1, -0.05) is 65.7 Å². The average Bonchev–Trinajstić information content (AvgIpc) is 2.85. The van der Waals surface area contributed by atoms with Crippen LogP contribution in [0.3, 0.4) is 0 Å². The fourth-order valence-corrected chi connectivity index (χ4v) is 4.66. The molecule has 206 valence electrons. The maximum absolute atomic E-state index is 13.9. The van der Waals surface area contributed by atoms with E-state index in [9.17, 15) is 14.4 Å². The molecule has 2 N–H and O–H groups in total. The molecule has 7 nitrogen and oxygen atoms in total. The summed E-state index contributed by atoms with van der Waals surface area (Å²) < 4.78 is 5.34. The zero-order valence-electron chi connectivity index (χ0n) is 23.2. The van der Waals surface area contributed by atoms with E-state index in [0.29, 0.717) is 11.3 Å². The van der Waals surface area contributed by atoms with Crippen LogP contribution in [0.15, 0.2) is 73.3 Å². The van der Waals surface area contributed by atoms with Gasteiger partial charge in [0.2, 0.25) is 5.91 Å². The number of hydrogen-bond acceptors (Lipinski definition) is 5. The van der Waals surface area contributed by atoms with Gasteiger partial charge < -0.3 is 20.3 Å². The third-order valence-electron chi connectivity index (χ3n) is 5.92. The molecular weight excluding hydrogens is 510 g/mol. The molecule has 3 aromatic carbocycles. The van der Waals surface area contributed by atoms with Crippen LogP contribution in [0.2, 0.25) is 0 Å². The number of benzene rings is 3. The summed E-state index contributed by atoms with van der Waals surface area (Å²) in [4.78, 5) is 41.7. The van der Waals surface area contributed by atoms with Crippen LogP contribution in [0.5, 0.6) is 0 Å². The van der Waals surface area contributed by atoms with Crippen molar-refractivity contribution in [3.05, 3.63) is 90.0 Å². The van der Waals surface area contributed by atoms with E-state index in [1.165, 1.54) is 4.90 Å². The highest BCUT2D eigenvalue weighted by molar-refractivity contribution is 7.80. The number of nitrogens with zero attached hydrogens (tertiary/aromatic N) is 1. The van der Waals surface area contributed by atoms with E-state index >= 15 is 0 Å². The number of rotatable bonds is 9. The van der Waals surface area contributed by atoms with E-state index in [2.05, 4.69) is 29.8 Å². The number of nitrogens with one attached hydrogen (secondary N) is 2. The highest BCUT2D eigenvalue weighted by Crippen LogP contribution is 2.27. The van der Waals surface area contributed by atoms with Gasteiger partial charge in [-0.2, -0.15) is 12.6 Å². The number of anilines is 1. The van der Waals surface area contributed by atoms with Gasteiger partial charge in [0, 0.05) is 18.0 Å². The first-order chi connectivity index (χ1) is 18.4. The largest absolute Gasteiger partial charge is 0.444 e. The van der Waals surface area contributed by atoms with Crippen LogP contribution in [0.1, 0.15) is 43.5 Å². The van der Waals surface area contributed by atoms with Gasteiger partial charge in [0.15, 0.2) is 0 Å². The predicted octanol–water partition coefficient (Wildman–Crippen LogP) is 5.97. The van der Waals surface area contributed by atoms with Crippen molar-refractivity contribution in [2.75, 3.05) is 17.6 Å². The molecule has 0 aliphatic rings. The van der Waals surface area contributed by atoms with E-state index in [-0.39, 0.29) is 18.2 Å². The third kappa shape index (κ3) is 8.10. The number of carbonyl (C=O) groups excluding carboxylic acids is 3. The van der Waals surface area contributed by atoms with E-state index in [0.717, 1.165) is 21.9 Å². The van der Waals surface area contributed by atoms with Gasteiger partial charge >= 0.3 is 6.09 Å². The zero-order valence-corrected chi connectivity index (χ0v) is 24.0. The SMILES string of the molecule is C=CCN(C(=O)C(CS)NC(=O)OC(C)(C)C)C(C(=O)Nc1ccc2ccccc2c1)c1cc(C)cc(C)c1. The first kappa shape index (κ1) is 29.8. The second-order valence-electron chi connectivity index (χ2n) is 10.5. The Morgan fingerprint density at radius 1 is 1.00 bits per heavy atom. The molecule has 2 unspecified atom stereocenters. The fraction of sp³-hybridized carbons (Fsp3) is 0.323. The smallest absolute Gasteiger partial charge is 0.408 e. The minimum absolute atomic E-state index is 0.0115. The number of aryl methyl sites for hydroxylation is 2. The van der Waals surface area contributed by atoms with Gasteiger partial charge in [-0.3, -0.25) is 9.59 Å². The van der Waals surface area contributed by atoms with Crippen molar-refractivity contribution in [1.82, 2.24) is 10.2 Å². The summed E-state index contributed by atoms with van der Waals surface area (Å²) in [6, 6.07) is 17.3. The Balaban J connectivity index is 2.00. The Morgan fingerprint density at radius 3 is 2.23 bits per heavy atom. The quantitative estimate of drug-likeness (QED) is 0.227. The average molecular weight is 548 g/mol. The lowest BCUT2D eigenvalue weighted by molar-refractivity contribution is -0.139. The Labute approximate surface area is 236 Å². The summed E-state index contributed by atoms with van der Waals surface area (Å²) >= 11 is 4.31.